The van der Waals surface area contributed by atoms with Crippen LogP contribution < -0.4 is 0 Å². The summed E-state index contributed by atoms with van der Waals surface area (Å²) in [6.45, 7) is 0. The van der Waals surface area contributed by atoms with Gasteiger partial charge in [-0.2, -0.15) is 0 Å². The molecule has 0 N–H and O–H groups in total. The lowest BCUT2D eigenvalue weighted by Gasteiger charge is -2.11. The zero-order valence-corrected chi connectivity index (χ0v) is 25.5. The second-order valence-electron chi connectivity index (χ2n) is 10.7. The van der Waals surface area contributed by atoms with Crippen LogP contribution in [0.25, 0.3) is 79.8 Å². The van der Waals surface area contributed by atoms with Crippen LogP contribution in [-0.2, 0) is 0 Å². The van der Waals surface area contributed by atoms with Gasteiger partial charge in [-0.25, -0.2) is 29.9 Å². The van der Waals surface area contributed by atoms with Crippen LogP contribution in [0.3, 0.4) is 0 Å². The number of nitrogens with zero attached hydrogens (tertiary/aromatic N) is 9. The number of aromatic nitrogens is 9. The largest absolute Gasteiger partial charge is 0.255 e. The van der Waals surface area contributed by atoms with Crippen molar-refractivity contribution in [3.63, 3.8) is 0 Å². The minimum Gasteiger partial charge on any atom is -0.255 e. The molecule has 48 heavy (non-hydrogen) atoms. The molecule has 9 heteroatoms. The minimum atomic E-state index is 0.438. The van der Waals surface area contributed by atoms with Gasteiger partial charge in [-0.1, -0.05) is 42.5 Å². The topological polar surface area (TPSA) is 116 Å². The van der Waals surface area contributed by atoms with Crippen molar-refractivity contribution >= 4 is 0 Å². The average Bonchev–Trinajstić information content (AvgIpc) is 3.19. The van der Waals surface area contributed by atoms with Gasteiger partial charge < -0.3 is 0 Å². The molecule has 0 spiro atoms. The van der Waals surface area contributed by atoms with E-state index < -0.39 is 0 Å². The van der Waals surface area contributed by atoms with Crippen LogP contribution in [0.5, 0.6) is 0 Å². The monoisotopic (exact) mass is 619 g/mol. The molecule has 0 atom stereocenters. The first-order chi connectivity index (χ1) is 23.8. The third-order valence-corrected chi connectivity index (χ3v) is 7.52. The highest BCUT2D eigenvalue weighted by Crippen LogP contribution is 2.29. The molecule has 8 heterocycles. The predicted molar refractivity (Wildman–Crippen MR) is 185 cm³/mol. The van der Waals surface area contributed by atoms with Gasteiger partial charge in [0.25, 0.3) is 0 Å². The molecule has 8 aromatic heterocycles. The van der Waals surface area contributed by atoms with Gasteiger partial charge in [-0.05, 0) is 91.0 Å². The Kier molecular flexibility index (Phi) is 7.66. The fourth-order valence-electron chi connectivity index (χ4n) is 5.23. The number of pyridine rings is 7. The summed E-state index contributed by atoms with van der Waals surface area (Å²) >= 11 is 0. The number of hydrogen-bond acceptors (Lipinski definition) is 9. The first kappa shape index (κ1) is 28.6. The van der Waals surface area contributed by atoms with E-state index in [0.29, 0.717) is 40.0 Å². The predicted octanol–water partition coefficient (Wildman–Crippen LogP) is 7.91. The number of hydrogen-bond donors (Lipinski definition) is 0. The molecule has 0 saturated carbocycles. The van der Waals surface area contributed by atoms with Crippen LogP contribution in [0.2, 0.25) is 0 Å². The normalized spacial score (nSPS) is 10.9. The molecule has 0 saturated heterocycles. The lowest BCUT2D eigenvalue weighted by molar-refractivity contribution is 1.12. The molecule has 8 rings (SSSR count). The minimum absolute atomic E-state index is 0.438. The fraction of sp³-hybridized carbons (Fsp3) is 0. The number of rotatable bonds is 7. The Morgan fingerprint density at radius 3 is 0.875 bits per heavy atom. The van der Waals surface area contributed by atoms with Crippen molar-refractivity contribution in [2.24, 2.45) is 0 Å². The molecule has 0 aliphatic rings. The molecule has 0 aromatic carbocycles. The maximum Gasteiger partial charge on any atom is 0.179 e. The third-order valence-electron chi connectivity index (χ3n) is 7.52. The Morgan fingerprint density at radius 2 is 0.521 bits per heavy atom. The Morgan fingerprint density at radius 1 is 0.229 bits per heavy atom. The molecule has 8 aromatic rings. The summed E-state index contributed by atoms with van der Waals surface area (Å²) in [5, 5.41) is 0. The molecule has 0 aliphatic carbocycles. The third kappa shape index (κ3) is 6.03. The zero-order chi connectivity index (χ0) is 32.1. The van der Waals surface area contributed by atoms with Crippen molar-refractivity contribution in [1.82, 2.24) is 44.9 Å². The maximum atomic E-state index is 5.01. The second-order valence-corrected chi connectivity index (χ2v) is 10.7. The molecule has 0 amide bonds. The summed E-state index contributed by atoms with van der Waals surface area (Å²) in [6.07, 6.45) is 5.26. The molecule has 0 unspecified atom stereocenters. The molecule has 0 bridgehead atoms. The highest BCUT2D eigenvalue weighted by molar-refractivity contribution is 5.72. The Bertz CT molecular complexity index is 2250. The maximum absolute atomic E-state index is 5.01. The standard InChI is InChI=1S/C39H25N9/c1-4-22-40-26(11-1)29-14-7-17-32(43-29)33-18-9-20-35(45-33)38-25-37(34-19-8-15-30(44-34)27-12-2-5-23-41-27)47-39(48-38)36-21-10-16-31(46-36)28-13-3-6-24-42-28/h1-25H. The molecule has 9 nitrogen and oxygen atoms in total. The van der Waals surface area contributed by atoms with Crippen LogP contribution in [0.4, 0.5) is 0 Å². The highest BCUT2D eigenvalue weighted by Gasteiger charge is 2.16. The molecule has 0 fully saturated rings. The van der Waals surface area contributed by atoms with Crippen LogP contribution in [0, 0.1) is 0 Å². The summed E-state index contributed by atoms with van der Waals surface area (Å²) in [4.78, 5) is 43.1. The molecule has 226 valence electrons. The van der Waals surface area contributed by atoms with Crippen LogP contribution in [0.1, 0.15) is 0 Å². The van der Waals surface area contributed by atoms with Gasteiger partial charge in [-0.15, -0.1) is 0 Å². The second kappa shape index (κ2) is 12.9. The molecular formula is C39H25N9. The lowest BCUT2D eigenvalue weighted by atomic mass is 10.1. The van der Waals surface area contributed by atoms with Gasteiger partial charge >= 0.3 is 0 Å². The zero-order valence-electron chi connectivity index (χ0n) is 25.5. The lowest BCUT2D eigenvalue weighted by Crippen LogP contribution is -2.01. The van der Waals surface area contributed by atoms with E-state index in [9.17, 15) is 0 Å². The highest BCUT2D eigenvalue weighted by atomic mass is 15.0. The van der Waals surface area contributed by atoms with E-state index in [0.717, 1.165) is 39.9 Å². The van der Waals surface area contributed by atoms with Crippen LogP contribution in [-0.4, -0.2) is 44.9 Å². The van der Waals surface area contributed by atoms with Crippen molar-refractivity contribution in [2.75, 3.05) is 0 Å². The Hall–Kier alpha value is -6.87. The first-order valence-corrected chi connectivity index (χ1v) is 15.3. The van der Waals surface area contributed by atoms with E-state index in [4.69, 9.17) is 29.9 Å². The summed E-state index contributed by atoms with van der Waals surface area (Å²) in [7, 11) is 0. The van der Waals surface area contributed by atoms with Crippen molar-refractivity contribution in [3.8, 4) is 79.8 Å². The summed E-state index contributed by atoms with van der Waals surface area (Å²) < 4.78 is 0. The SMILES string of the molecule is c1ccc(-c2cccc(-c3cccc(-c4cc(-c5cccc(-c6ccccn6)n5)nc(-c5cccc(-c6ccccn6)n5)n4)n3)n2)nc1. The first-order valence-electron chi connectivity index (χ1n) is 15.3. The summed E-state index contributed by atoms with van der Waals surface area (Å²) in [5.41, 5.74) is 9.16. The van der Waals surface area contributed by atoms with Gasteiger partial charge in [0.2, 0.25) is 0 Å². The van der Waals surface area contributed by atoms with E-state index in [1.165, 1.54) is 0 Å². The van der Waals surface area contributed by atoms with Crippen molar-refractivity contribution in [1.29, 1.82) is 0 Å². The van der Waals surface area contributed by atoms with Gasteiger partial charge in [-0.3, -0.25) is 15.0 Å². The van der Waals surface area contributed by atoms with Gasteiger partial charge in [0.05, 0.1) is 68.3 Å². The van der Waals surface area contributed by atoms with Crippen LogP contribution in [0.15, 0.2) is 152 Å². The average molecular weight is 620 g/mol. The Labute approximate surface area is 276 Å². The van der Waals surface area contributed by atoms with Gasteiger partial charge in [0, 0.05) is 18.6 Å². The Balaban J connectivity index is 1.25. The van der Waals surface area contributed by atoms with E-state index in [-0.39, 0.29) is 0 Å². The van der Waals surface area contributed by atoms with E-state index in [1.54, 1.807) is 18.6 Å². The quantitative estimate of drug-likeness (QED) is 0.175. The smallest absolute Gasteiger partial charge is 0.179 e. The van der Waals surface area contributed by atoms with Crippen molar-refractivity contribution < 1.29 is 0 Å². The van der Waals surface area contributed by atoms with Crippen molar-refractivity contribution in [3.05, 3.63) is 152 Å². The molecule has 0 radical (unpaired) electrons. The molecular weight excluding hydrogens is 594 g/mol. The van der Waals surface area contributed by atoms with E-state index >= 15 is 0 Å². The van der Waals surface area contributed by atoms with E-state index in [2.05, 4.69) is 15.0 Å². The summed E-state index contributed by atoms with van der Waals surface area (Å²) in [6, 6.07) is 42.4. The van der Waals surface area contributed by atoms with Gasteiger partial charge in [0.15, 0.2) is 5.82 Å². The van der Waals surface area contributed by atoms with Crippen molar-refractivity contribution in [2.45, 2.75) is 0 Å². The molecule has 0 aliphatic heterocycles. The fourth-order valence-corrected chi connectivity index (χ4v) is 5.23. The summed E-state index contributed by atoms with van der Waals surface area (Å²) in [5.74, 6) is 0.438. The van der Waals surface area contributed by atoms with Crippen LogP contribution >= 0.6 is 0 Å². The van der Waals surface area contributed by atoms with E-state index in [1.807, 2.05) is 133 Å². The van der Waals surface area contributed by atoms with Gasteiger partial charge in [0.1, 0.15) is 5.69 Å².